The topological polar surface area (TPSA) is 106 Å². The molecule has 3 N–H and O–H groups in total. The van der Waals surface area contributed by atoms with Gasteiger partial charge in [-0.05, 0) is 68.4 Å². The van der Waals surface area contributed by atoms with Gasteiger partial charge in [-0.25, -0.2) is 4.68 Å². The van der Waals surface area contributed by atoms with Crippen LogP contribution in [0.1, 0.15) is 67.0 Å². The number of nitriles is 1. The Morgan fingerprint density at radius 3 is 2.32 bits per heavy atom. The fourth-order valence-corrected chi connectivity index (χ4v) is 7.90. The molecule has 8 rings (SSSR count). The van der Waals surface area contributed by atoms with E-state index in [1.54, 1.807) is 10.9 Å². The van der Waals surface area contributed by atoms with Gasteiger partial charge in [-0.15, -0.1) is 5.10 Å². The van der Waals surface area contributed by atoms with Crippen LogP contribution in [0.25, 0.3) is 5.69 Å². The lowest BCUT2D eigenvalue weighted by atomic mass is 9.48. The minimum Gasteiger partial charge on any atom is -0.420 e. The molecule has 7 nitrogen and oxygen atoms in total. The lowest BCUT2D eigenvalue weighted by Crippen LogP contribution is -2.49. The highest BCUT2D eigenvalue weighted by molar-refractivity contribution is 5.57. The maximum absolute atomic E-state index is 14.1. The van der Waals surface area contributed by atoms with E-state index in [1.807, 2.05) is 36.4 Å². The van der Waals surface area contributed by atoms with Gasteiger partial charge in [0.25, 0.3) is 0 Å². The number of fused-ring (bicyclic) bond motifs is 1. The fourth-order valence-electron chi connectivity index (χ4n) is 7.90. The van der Waals surface area contributed by atoms with Gasteiger partial charge >= 0.3 is 6.18 Å². The zero-order valence-electron chi connectivity index (χ0n) is 19.9. The number of hydrogen-bond acceptors (Lipinski definition) is 5. The third kappa shape index (κ3) is 3.32. The van der Waals surface area contributed by atoms with Gasteiger partial charge in [0.2, 0.25) is 11.8 Å². The van der Waals surface area contributed by atoms with Crippen LogP contribution >= 0.6 is 0 Å². The van der Waals surface area contributed by atoms with Crippen molar-refractivity contribution in [1.82, 2.24) is 20.0 Å². The van der Waals surface area contributed by atoms with Crippen molar-refractivity contribution in [2.45, 2.75) is 56.0 Å². The van der Waals surface area contributed by atoms with Crippen molar-refractivity contribution >= 4 is 0 Å². The average Bonchev–Trinajstić information content (AvgIpc) is 3.48. The first-order valence-electron chi connectivity index (χ1n) is 12.6. The minimum absolute atomic E-state index is 0.0574. The van der Waals surface area contributed by atoms with E-state index in [2.05, 4.69) is 10.2 Å². The highest BCUT2D eigenvalue weighted by Crippen LogP contribution is 2.62. The highest BCUT2D eigenvalue weighted by Gasteiger charge is 2.55. The first-order valence-corrected chi connectivity index (χ1v) is 12.6. The van der Waals surface area contributed by atoms with E-state index in [4.69, 9.17) is 15.6 Å². The lowest BCUT2D eigenvalue weighted by molar-refractivity contribution is -0.141. The summed E-state index contributed by atoms with van der Waals surface area (Å²) in [6.07, 6.45) is 3.60. The summed E-state index contributed by atoms with van der Waals surface area (Å²) in [4.78, 5) is 0. The second kappa shape index (κ2) is 7.63. The van der Waals surface area contributed by atoms with Crippen LogP contribution in [-0.2, 0) is 11.6 Å². The molecular formula is C27H25F3N6O. The molecule has 4 saturated carbocycles. The number of rotatable bonds is 3. The van der Waals surface area contributed by atoms with E-state index in [1.165, 1.54) is 19.3 Å². The van der Waals surface area contributed by atoms with Gasteiger partial charge in [0.05, 0.1) is 22.9 Å². The van der Waals surface area contributed by atoms with Gasteiger partial charge in [0, 0.05) is 17.2 Å². The predicted molar refractivity (Wildman–Crippen MR) is 126 cm³/mol. The Bertz CT molecular complexity index is 1430. The summed E-state index contributed by atoms with van der Waals surface area (Å²) in [5.41, 5.74) is 6.71. The molecule has 3 heterocycles. The maximum Gasteiger partial charge on any atom is 0.433 e. The van der Waals surface area contributed by atoms with Crippen LogP contribution in [-0.4, -0.2) is 20.0 Å². The Balaban J connectivity index is 1.48. The Morgan fingerprint density at radius 1 is 1.08 bits per heavy atom. The Labute approximate surface area is 211 Å². The number of H-pyrrole nitrogens is 1. The van der Waals surface area contributed by atoms with E-state index in [-0.39, 0.29) is 28.3 Å². The molecule has 4 fully saturated rings. The maximum atomic E-state index is 14.1. The molecule has 0 radical (unpaired) electrons. The summed E-state index contributed by atoms with van der Waals surface area (Å²) < 4.78 is 49.5. The Kier molecular flexibility index (Phi) is 4.63. The number of halogens is 3. The van der Waals surface area contributed by atoms with Crippen LogP contribution in [0.2, 0.25) is 0 Å². The molecule has 4 bridgehead atoms. The van der Waals surface area contributed by atoms with E-state index in [0.717, 1.165) is 30.6 Å². The Hall–Kier alpha value is -3.74. The monoisotopic (exact) mass is 506 g/mol. The first-order chi connectivity index (χ1) is 17.8. The van der Waals surface area contributed by atoms with Crippen molar-refractivity contribution in [3.05, 3.63) is 70.5 Å². The van der Waals surface area contributed by atoms with E-state index in [0.29, 0.717) is 23.3 Å². The van der Waals surface area contributed by atoms with E-state index in [9.17, 15) is 18.4 Å². The second-order valence-corrected chi connectivity index (χ2v) is 11.2. The Morgan fingerprint density at radius 2 is 1.73 bits per heavy atom. The summed E-state index contributed by atoms with van der Waals surface area (Å²) >= 11 is 0. The van der Waals surface area contributed by atoms with Crippen molar-refractivity contribution in [3.63, 3.8) is 0 Å². The molecular weight excluding hydrogens is 481 g/mol. The standard InChI is InChI=1S/C27H25F3N6O/c28-27(29,30)23-21-20(18(12-31)24(32)37-25(21)34-33-23)19-13-36(17-4-2-1-3-5-17)35-22(19)26-9-14-6-15(10-26)8-16(7-14)11-26/h1-5,13-16,20H,6-11,32H2,(H,33,34). The molecule has 0 spiro atoms. The van der Waals surface area contributed by atoms with Crippen LogP contribution in [0, 0.1) is 29.1 Å². The largest absolute Gasteiger partial charge is 0.433 e. The smallest absolute Gasteiger partial charge is 0.420 e. The summed E-state index contributed by atoms with van der Waals surface area (Å²) in [5, 5.41) is 21.1. The number of nitrogens with zero attached hydrogens (tertiary/aromatic N) is 4. The summed E-state index contributed by atoms with van der Waals surface area (Å²) in [5.74, 6) is 0.220. The number of ether oxygens (including phenoxy) is 1. The van der Waals surface area contributed by atoms with Gasteiger partial charge in [0.15, 0.2) is 0 Å². The lowest BCUT2D eigenvalue weighted by Gasteiger charge is -2.56. The molecule has 3 aromatic rings. The molecule has 2 aromatic heterocycles. The zero-order valence-corrected chi connectivity index (χ0v) is 19.9. The van der Waals surface area contributed by atoms with Gasteiger partial charge in [-0.1, -0.05) is 18.2 Å². The molecule has 190 valence electrons. The molecule has 1 unspecified atom stereocenters. The molecule has 10 heteroatoms. The highest BCUT2D eigenvalue weighted by atomic mass is 19.4. The quantitative estimate of drug-likeness (QED) is 0.502. The van der Waals surface area contributed by atoms with Crippen LogP contribution in [0.15, 0.2) is 48.0 Å². The molecule has 1 aromatic carbocycles. The van der Waals surface area contributed by atoms with E-state index >= 15 is 0 Å². The molecule has 1 aliphatic heterocycles. The van der Waals surface area contributed by atoms with Gasteiger partial charge in [-0.2, -0.15) is 23.5 Å². The number of para-hydroxylation sites is 1. The summed E-state index contributed by atoms with van der Waals surface area (Å²) in [6.45, 7) is 0. The van der Waals surface area contributed by atoms with Crippen LogP contribution in [0.3, 0.4) is 0 Å². The van der Waals surface area contributed by atoms with Crippen LogP contribution in [0.5, 0.6) is 5.88 Å². The summed E-state index contributed by atoms with van der Waals surface area (Å²) in [7, 11) is 0. The zero-order chi connectivity index (χ0) is 25.5. The molecule has 0 saturated heterocycles. The SMILES string of the molecule is N#CC1=C(N)Oc2n[nH]c(C(F)(F)F)c2C1c1cn(-c2ccccc2)nc1C12CC3CC(CC(C3)C1)C2. The van der Waals surface area contributed by atoms with Crippen LogP contribution < -0.4 is 10.5 Å². The molecule has 0 amide bonds. The molecule has 4 aliphatic carbocycles. The third-order valence-electron chi connectivity index (χ3n) is 8.84. The predicted octanol–water partition coefficient (Wildman–Crippen LogP) is 5.30. The third-order valence-corrected chi connectivity index (χ3v) is 8.84. The number of allylic oxidation sites excluding steroid dienone is 1. The molecule has 37 heavy (non-hydrogen) atoms. The van der Waals surface area contributed by atoms with Crippen molar-refractivity contribution in [2.24, 2.45) is 23.5 Å². The number of nitrogens with two attached hydrogens (primary N) is 1. The number of aromatic nitrogens is 4. The molecule has 1 atom stereocenters. The fraction of sp³-hybridized carbons (Fsp3) is 0.444. The first kappa shape index (κ1) is 22.5. The van der Waals surface area contributed by atoms with Gasteiger partial charge in [0.1, 0.15) is 17.3 Å². The minimum atomic E-state index is -4.72. The van der Waals surface area contributed by atoms with Crippen molar-refractivity contribution in [1.29, 1.82) is 5.26 Å². The number of benzene rings is 1. The van der Waals surface area contributed by atoms with Crippen LogP contribution in [0.4, 0.5) is 13.2 Å². The van der Waals surface area contributed by atoms with Crippen molar-refractivity contribution < 1.29 is 17.9 Å². The number of aromatic amines is 1. The molecule has 5 aliphatic rings. The van der Waals surface area contributed by atoms with Gasteiger partial charge < -0.3 is 10.5 Å². The average molecular weight is 507 g/mol. The second-order valence-electron chi connectivity index (χ2n) is 11.2. The van der Waals surface area contributed by atoms with E-state index < -0.39 is 17.8 Å². The number of hydrogen-bond donors (Lipinski definition) is 2. The van der Waals surface area contributed by atoms with Crippen molar-refractivity contribution in [3.8, 4) is 17.6 Å². The number of alkyl halides is 3. The normalized spacial score (nSPS) is 30.2. The van der Waals surface area contributed by atoms with Crippen molar-refractivity contribution in [2.75, 3.05) is 0 Å². The number of nitrogens with one attached hydrogen (secondary N) is 1. The summed E-state index contributed by atoms with van der Waals surface area (Å²) in [6, 6.07) is 11.5. The van der Waals surface area contributed by atoms with Gasteiger partial charge in [-0.3, -0.25) is 5.10 Å².